The van der Waals surface area contributed by atoms with Crippen molar-refractivity contribution in [3.63, 3.8) is 0 Å². The molecular formula is C21H32IN3O2. The smallest absolute Gasteiger partial charge is 0.191 e. The molecule has 1 aromatic carbocycles. The highest BCUT2D eigenvalue weighted by atomic mass is 127. The quantitative estimate of drug-likeness (QED) is 0.391. The lowest BCUT2D eigenvalue weighted by Gasteiger charge is -2.60. The lowest BCUT2D eigenvalue weighted by molar-refractivity contribution is -0.188. The van der Waals surface area contributed by atoms with Crippen LogP contribution in [-0.4, -0.2) is 44.9 Å². The average molecular weight is 485 g/mol. The molecule has 0 amide bonds. The van der Waals surface area contributed by atoms with E-state index in [0.29, 0.717) is 24.0 Å². The summed E-state index contributed by atoms with van der Waals surface area (Å²) >= 11 is 0. The fraction of sp³-hybridized carbons (Fsp3) is 0.667. The van der Waals surface area contributed by atoms with Crippen LogP contribution in [0.25, 0.3) is 0 Å². The van der Waals surface area contributed by atoms with Crippen LogP contribution in [0.3, 0.4) is 0 Å². The molecule has 150 valence electrons. The van der Waals surface area contributed by atoms with E-state index < -0.39 is 0 Å². The van der Waals surface area contributed by atoms with Crippen LogP contribution < -0.4 is 15.4 Å². The molecule has 1 saturated carbocycles. The minimum absolute atomic E-state index is 0. The van der Waals surface area contributed by atoms with E-state index in [1.165, 1.54) is 18.4 Å². The SMILES string of the molecule is CN=C(NCC1CCOc2ccccc21)NC1C2CCCOC2C1(C)C.I. The Morgan fingerprint density at radius 1 is 1.22 bits per heavy atom. The van der Waals surface area contributed by atoms with Crippen molar-refractivity contribution in [2.45, 2.75) is 51.2 Å². The molecule has 3 aliphatic rings. The summed E-state index contributed by atoms with van der Waals surface area (Å²) in [6, 6.07) is 8.79. The number of hydrogen-bond donors (Lipinski definition) is 2. The molecule has 5 nitrogen and oxygen atoms in total. The highest BCUT2D eigenvalue weighted by molar-refractivity contribution is 14.0. The van der Waals surface area contributed by atoms with Crippen LogP contribution >= 0.6 is 24.0 Å². The van der Waals surface area contributed by atoms with Gasteiger partial charge in [-0.25, -0.2) is 0 Å². The van der Waals surface area contributed by atoms with Gasteiger partial charge in [0.25, 0.3) is 0 Å². The normalized spacial score (nSPS) is 31.3. The number of fused-ring (bicyclic) bond motifs is 2. The molecule has 27 heavy (non-hydrogen) atoms. The Bertz CT molecular complexity index is 679. The topological polar surface area (TPSA) is 54.9 Å². The third kappa shape index (κ3) is 3.92. The average Bonchev–Trinajstić information content (AvgIpc) is 2.68. The van der Waals surface area contributed by atoms with Crippen molar-refractivity contribution in [2.24, 2.45) is 16.3 Å². The largest absolute Gasteiger partial charge is 0.493 e. The molecule has 0 aromatic heterocycles. The van der Waals surface area contributed by atoms with Crippen LogP contribution in [0.2, 0.25) is 0 Å². The van der Waals surface area contributed by atoms with E-state index >= 15 is 0 Å². The summed E-state index contributed by atoms with van der Waals surface area (Å²) < 4.78 is 11.8. The highest BCUT2D eigenvalue weighted by Gasteiger charge is 2.58. The Hall–Kier alpha value is -1.02. The maximum Gasteiger partial charge on any atom is 0.191 e. The minimum Gasteiger partial charge on any atom is -0.493 e. The molecule has 2 aliphatic heterocycles. The number of guanidine groups is 1. The minimum atomic E-state index is 0. The molecule has 1 aliphatic carbocycles. The summed E-state index contributed by atoms with van der Waals surface area (Å²) in [5.41, 5.74) is 1.44. The van der Waals surface area contributed by atoms with Crippen molar-refractivity contribution in [1.29, 1.82) is 0 Å². The molecule has 0 spiro atoms. The van der Waals surface area contributed by atoms with Crippen molar-refractivity contribution < 1.29 is 9.47 Å². The van der Waals surface area contributed by atoms with Crippen LogP contribution in [-0.2, 0) is 4.74 Å². The summed E-state index contributed by atoms with van der Waals surface area (Å²) in [5, 5.41) is 7.24. The van der Waals surface area contributed by atoms with Gasteiger partial charge in [0, 0.05) is 43.5 Å². The number of nitrogens with one attached hydrogen (secondary N) is 2. The van der Waals surface area contributed by atoms with E-state index in [9.17, 15) is 0 Å². The van der Waals surface area contributed by atoms with Gasteiger partial charge in [0.1, 0.15) is 5.75 Å². The molecule has 1 aromatic rings. The van der Waals surface area contributed by atoms with E-state index in [1.54, 1.807) is 0 Å². The Balaban J connectivity index is 0.00000210. The van der Waals surface area contributed by atoms with Gasteiger partial charge in [-0.2, -0.15) is 0 Å². The Kier molecular flexibility index (Phi) is 6.56. The first-order valence-corrected chi connectivity index (χ1v) is 9.92. The van der Waals surface area contributed by atoms with Gasteiger partial charge < -0.3 is 20.1 Å². The summed E-state index contributed by atoms with van der Waals surface area (Å²) in [4.78, 5) is 4.48. The third-order valence-electron chi connectivity index (χ3n) is 6.45. The van der Waals surface area contributed by atoms with E-state index in [1.807, 2.05) is 13.1 Å². The molecule has 2 N–H and O–H groups in total. The number of nitrogens with zero attached hydrogens (tertiary/aromatic N) is 1. The summed E-state index contributed by atoms with van der Waals surface area (Å²) in [5.74, 6) is 2.98. The summed E-state index contributed by atoms with van der Waals surface area (Å²) in [6.07, 6.45) is 3.83. The third-order valence-corrected chi connectivity index (χ3v) is 6.45. The molecule has 4 atom stereocenters. The maximum atomic E-state index is 6.02. The Morgan fingerprint density at radius 2 is 2.04 bits per heavy atom. The van der Waals surface area contributed by atoms with E-state index in [-0.39, 0.29) is 29.4 Å². The fourth-order valence-electron chi connectivity index (χ4n) is 5.01. The summed E-state index contributed by atoms with van der Waals surface area (Å²) in [7, 11) is 1.85. The molecule has 4 unspecified atom stereocenters. The zero-order valence-corrected chi connectivity index (χ0v) is 18.9. The first-order valence-electron chi connectivity index (χ1n) is 9.92. The Morgan fingerprint density at radius 3 is 2.85 bits per heavy atom. The van der Waals surface area contributed by atoms with Gasteiger partial charge in [-0.1, -0.05) is 32.0 Å². The summed E-state index contributed by atoms with van der Waals surface area (Å²) in [6.45, 7) is 7.18. The van der Waals surface area contributed by atoms with Crippen LogP contribution in [0.1, 0.15) is 44.6 Å². The monoisotopic (exact) mass is 485 g/mol. The fourth-order valence-corrected chi connectivity index (χ4v) is 5.01. The predicted molar refractivity (Wildman–Crippen MR) is 119 cm³/mol. The molecule has 0 radical (unpaired) electrons. The zero-order valence-electron chi connectivity index (χ0n) is 16.5. The molecular weight excluding hydrogens is 453 g/mol. The van der Waals surface area contributed by atoms with Crippen molar-refractivity contribution >= 4 is 29.9 Å². The van der Waals surface area contributed by atoms with Crippen molar-refractivity contribution in [1.82, 2.24) is 10.6 Å². The second kappa shape index (κ2) is 8.55. The van der Waals surface area contributed by atoms with E-state index in [2.05, 4.69) is 47.7 Å². The maximum absolute atomic E-state index is 6.02. The number of halogens is 1. The number of aliphatic imine (C=N–C) groups is 1. The lowest BCUT2D eigenvalue weighted by atomic mass is 9.55. The molecule has 6 heteroatoms. The van der Waals surface area contributed by atoms with Crippen molar-refractivity contribution in [2.75, 3.05) is 26.8 Å². The predicted octanol–water partition coefficient (Wildman–Crippen LogP) is 3.54. The van der Waals surface area contributed by atoms with Gasteiger partial charge in [-0.3, -0.25) is 4.99 Å². The Labute approximate surface area is 179 Å². The van der Waals surface area contributed by atoms with Crippen LogP contribution in [0.15, 0.2) is 29.3 Å². The van der Waals surface area contributed by atoms with Gasteiger partial charge >= 0.3 is 0 Å². The standard InChI is InChI=1S/C21H31N3O2.HI/c1-21(2)18(16-8-6-11-26-19(16)21)24-20(22-3)23-13-14-10-12-25-17-9-5-4-7-15(14)17;/h4-5,7,9,14,16,18-19H,6,8,10-13H2,1-3H3,(H2,22,23,24);1H. The second-order valence-electron chi connectivity index (χ2n) is 8.37. The van der Waals surface area contributed by atoms with Crippen molar-refractivity contribution in [3.05, 3.63) is 29.8 Å². The number of ether oxygens (including phenoxy) is 2. The first kappa shape index (κ1) is 20.7. The van der Waals surface area contributed by atoms with Gasteiger partial charge in [-0.05, 0) is 30.9 Å². The van der Waals surface area contributed by atoms with E-state index in [0.717, 1.165) is 37.9 Å². The van der Waals surface area contributed by atoms with E-state index in [4.69, 9.17) is 9.47 Å². The van der Waals surface area contributed by atoms with Crippen LogP contribution in [0.5, 0.6) is 5.75 Å². The number of hydrogen-bond acceptors (Lipinski definition) is 3. The van der Waals surface area contributed by atoms with Gasteiger partial charge in [0.2, 0.25) is 0 Å². The first-order chi connectivity index (χ1) is 12.6. The molecule has 2 heterocycles. The van der Waals surface area contributed by atoms with Crippen molar-refractivity contribution in [3.8, 4) is 5.75 Å². The highest BCUT2D eigenvalue weighted by Crippen LogP contribution is 2.51. The zero-order chi connectivity index (χ0) is 18.1. The number of rotatable bonds is 3. The molecule has 1 saturated heterocycles. The lowest BCUT2D eigenvalue weighted by Crippen LogP contribution is -2.71. The second-order valence-corrected chi connectivity index (χ2v) is 8.37. The molecule has 2 fully saturated rings. The number of para-hydroxylation sites is 1. The number of benzene rings is 1. The van der Waals surface area contributed by atoms with Crippen LogP contribution in [0, 0.1) is 11.3 Å². The molecule has 0 bridgehead atoms. The van der Waals surface area contributed by atoms with Gasteiger partial charge in [0.05, 0.1) is 12.7 Å². The van der Waals surface area contributed by atoms with Gasteiger partial charge in [-0.15, -0.1) is 24.0 Å². The molecule has 4 rings (SSSR count). The van der Waals surface area contributed by atoms with Crippen LogP contribution in [0.4, 0.5) is 0 Å². The van der Waals surface area contributed by atoms with Gasteiger partial charge in [0.15, 0.2) is 5.96 Å².